The molecule has 2 nitrogen and oxygen atoms in total. The molecule has 0 saturated carbocycles. The minimum Gasteiger partial charge on any atom is -0.435 e. The van der Waals surface area contributed by atoms with Crippen LogP contribution in [0.1, 0.15) is 18.4 Å². The average molecular weight is 303 g/mol. The van der Waals surface area contributed by atoms with E-state index < -0.39 is 6.61 Å². The number of thiocarbonyl (C=S) groups is 1. The van der Waals surface area contributed by atoms with Crippen LogP contribution in [0, 0.1) is 0 Å². The van der Waals surface area contributed by atoms with Gasteiger partial charge in [0.2, 0.25) is 0 Å². The summed E-state index contributed by atoms with van der Waals surface area (Å²) in [6.45, 7) is -0.678. The SMILES string of the molecule is FC(F)Oc1ccc(CSC(=S)N2CCCC2)cc1. The number of benzene rings is 1. The zero-order chi connectivity index (χ0) is 13.7. The maximum Gasteiger partial charge on any atom is 0.387 e. The summed E-state index contributed by atoms with van der Waals surface area (Å²) in [4.78, 5) is 2.22. The number of hydrogen-bond donors (Lipinski definition) is 0. The van der Waals surface area contributed by atoms with Gasteiger partial charge in [0.15, 0.2) is 0 Å². The Morgan fingerprint density at radius 1 is 1.26 bits per heavy atom. The Morgan fingerprint density at radius 3 is 2.47 bits per heavy atom. The first-order valence-electron chi connectivity index (χ1n) is 6.10. The monoisotopic (exact) mass is 303 g/mol. The van der Waals surface area contributed by atoms with E-state index in [2.05, 4.69) is 9.64 Å². The van der Waals surface area contributed by atoms with E-state index in [0.29, 0.717) is 0 Å². The van der Waals surface area contributed by atoms with E-state index >= 15 is 0 Å². The van der Waals surface area contributed by atoms with Crippen LogP contribution in [0.4, 0.5) is 8.78 Å². The Bertz CT molecular complexity index is 419. The third kappa shape index (κ3) is 4.62. The van der Waals surface area contributed by atoms with E-state index in [1.165, 1.54) is 12.8 Å². The highest BCUT2D eigenvalue weighted by atomic mass is 32.2. The van der Waals surface area contributed by atoms with Crippen molar-refractivity contribution in [3.63, 3.8) is 0 Å². The standard InChI is InChI=1S/C13H15F2NOS2/c14-12(15)17-11-5-3-10(4-6-11)9-19-13(18)16-7-1-2-8-16/h3-6,12H,1-2,7-9H2. The van der Waals surface area contributed by atoms with Gasteiger partial charge in [-0.05, 0) is 30.5 Å². The molecule has 0 radical (unpaired) electrons. The lowest BCUT2D eigenvalue weighted by Crippen LogP contribution is -2.23. The van der Waals surface area contributed by atoms with Gasteiger partial charge < -0.3 is 9.64 Å². The molecule has 1 aromatic rings. The van der Waals surface area contributed by atoms with Crippen LogP contribution >= 0.6 is 24.0 Å². The Labute approximate surface area is 121 Å². The van der Waals surface area contributed by atoms with Crippen molar-refractivity contribution < 1.29 is 13.5 Å². The summed E-state index contributed by atoms with van der Waals surface area (Å²) < 4.78 is 29.2. The number of rotatable bonds is 4. The number of halogens is 2. The Hall–Kier alpha value is -0.880. The van der Waals surface area contributed by atoms with Gasteiger partial charge in [-0.3, -0.25) is 0 Å². The zero-order valence-electron chi connectivity index (χ0n) is 10.4. The van der Waals surface area contributed by atoms with Crippen molar-refractivity contribution in [3.05, 3.63) is 29.8 Å². The normalized spacial score (nSPS) is 15.0. The molecule has 6 heteroatoms. The highest BCUT2D eigenvalue weighted by molar-refractivity contribution is 8.22. The maximum atomic E-state index is 12.0. The number of alkyl halides is 2. The van der Waals surface area contributed by atoms with Crippen LogP contribution < -0.4 is 4.74 Å². The molecular weight excluding hydrogens is 288 g/mol. The minimum atomic E-state index is -2.78. The molecule has 0 aromatic heterocycles. The fourth-order valence-electron chi connectivity index (χ4n) is 1.90. The largest absolute Gasteiger partial charge is 0.435 e. The second-order valence-electron chi connectivity index (χ2n) is 4.27. The second-order valence-corrected chi connectivity index (χ2v) is 5.88. The molecule has 1 heterocycles. The predicted molar refractivity (Wildman–Crippen MR) is 77.8 cm³/mol. The molecule has 1 fully saturated rings. The molecule has 0 atom stereocenters. The summed E-state index contributed by atoms with van der Waals surface area (Å²) in [7, 11) is 0. The lowest BCUT2D eigenvalue weighted by Gasteiger charge is -2.17. The molecule has 2 rings (SSSR count). The molecule has 1 aliphatic rings. The van der Waals surface area contributed by atoms with Crippen LogP contribution in [-0.4, -0.2) is 28.9 Å². The van der Waals surface area contributed by atoms with Gasteiger partial charge in [-0.25, -0.2) is 0 Å². The van der Waals surface area contributed by atoms with E-state index in [9.17, 15) is 8.78 Å². The molecule has 1 saturated heterocycles. The Kier molecular flexibility index (Phi) is 5.39. The summed E-state index contributed by atoms with van der Waals surface area (Å²) in [6, 6.07) is 6.69. The van der Waals surface area contributed by atoms with Crippen LogP contribution in [0.3, 0.4) is 0 Å². The number of ether oxygens (including phenoxy) is 1. The van der Waals surface area contributed by atoms with Gasteiger partial charge >= 0.3 is 6.61 Å². The fourth-order valence-corrected chi connectivity index (χ4v) is 3.11. The van der Waals surface area contributed by atoms with Gasteiger partial charge in [0.25, 0.3) is 0 Å². The third-order valence-electron chi connectivity index (χ3n) is 2.88. The van der Waals surface area contributed by atoms with Gasteiger partial charge in [0.1, 0.15) is 10.1 Å². The van der Waals surface area contributed by atoms with Crippen molar-refractivity contribution in [1.82, 2.24) is 4.90 Å². The van der Waals surface area contributed by atoms with Crippen molar-refractivity contribution in [2.45, 2.75) is 25.2 Å². The Balaban J connectivity index is 1.80. The number of thioether (sulfide) groups is 1. The first-order chi connectivity index (χ1) is 9.15. The van der Waals surface area contributed by atoms with Gasteiger partial charge in [-0.1, -0.05) is 36.1 Å². The van der Waals surface area contributed by atoms with Crippen LogP contribution in [0.5, 0.6) is 5.75 Å². The van der Waals surface area contributed by atoms with Crippen LogP contribution in [0.25, 0.3) is 0 Å². The highest BCUT2D eigenvalue weighted by Crippen LogP contribution is 2.22. The van der Waals surface area contributed by atoms with Crippen molar-refractivity contribution in [2.24, 2.45) is 0 Å². The maximum absolute atomic E-state index is 12.0. The average Bonchev–Trinajstić information content (AvgIpc) is 2.91. The summed E-state index contributed by atoms with van der Waals surface area (Å²) >= 11 is 6.98. The first kappa shape index (κ1) is 14.5. The van der Waals surface area contributed by atoms with Gasteiger partial charge in [0, 0.05) is 18.8 Å². The van der Waals surface area contributed by atoms with Crippen molar-refractivity contribution in [2.75, 3.05) is 13.1 Å². The molecule has 0 amide bonds. The number of nitrogens with zero attached hydrogens (tertiary/aromatic N) is 1. The van der Waals surface area contributed by atoms with E-state index in [0.717, 1.165) is 28.7 Å². The lowest BCUT2D eigenvalue weighted by molar-refractivity contribution is -0.0498. The molecule has 1 aromatic carbocycles. The molecule has 104 valence electrons. The topological polar surface area (TPSA) is 12.5 Å². The summed E-state index contributed by atoms with van der Waals surface area (Å²) in [5.74, 6) is 0.940. The van der Waals surface area contributed by atoms with Crippen molar-refractivity contribution >= 4 is 28.3 Å². The molecular formula is C13H15F2NOS2. The zero-order valence-corrected chi connectivity index (χ0v) is 12.0. The molecule has 0 spiro atoms. The minimum absolute atomic E-state index is 0.186. The summed E-state index contributed by atoms with van der Waals surface area (Å²) in [5, 5.41) is 0. The molecule has 1 aliphatic heterocycles. The van der Waals surface area contributed by atoms with E-state index in [-0.39, 0.29) is 5.75 Å². The third-order valence-corrected chi connectivity index (χ3v) is 4.47. The highest BCUT2D eigenvalue weighted by Gasteiger charge is 2.14. The van der Waals surface area contributed by atoms with Crippen LogP contribution in [-0.2, 0) is 5.75 Å². The number of likely N-dealkylation sites (tertiary alicyclic amines) is 1. The van der Waals surface area contributed by atoms with E-state index in [4.69, 9.17) is 12.2 Å². The summed E-state index contributed by atoms with van der Waals surface area (Å²) in [5.41, 5.74) is 1.05. The molecule has 19 heavy (non-hydrogen) atoms. The molecule has 0 bridgehead atoms. The fraction of sp³-hybridized carbons (Fsp3) is 0.462. The lowest BCUT2D eigenvalue weighted by atomic mass is 10.2. The molecule has 0 aliphatic carbocycles. The second kappa shape index (κ2) is 7.05. The van der Waals surface area contributed by atoms with Gasteiger partial charge in [-0.15, -0.1) is 0 Å². The van der Waals surface area contributed by atoms with Crippen LogP contribution in [0.2, 0.25) is 0 Å². The van der Waals surface area contributed by atoms with Gasteiger partial charge in [-0.2, -0.15) is 8.78 Å². The predicted octanol–water partition coefficient (Wildman–Crippen LogP) is 3.90. The van der Waals surface area contributed by atoms with E-state index in [1.807, 2.05) is 0 Å². The number of hydrogen-bond acceptors (Lipinski definition) is 3. The quantitative estimate of drug-likeness (QED) is 0.782. The van der Waals surface area contributed by atoms with Crippen LogP contribution in [0.15, 0.2) is 24.3 Å². The Morgan fingerprint density at radius 2 is 1.89 bits per heavy atom. The van der Waals surface area contributed by atoms with Gasteiger partial charge in [0.05, 0.1) is 0 Å². The molecule has 0 unspecified atom stereocenters. The smallest absolute Gasteiger partial charge is 0.387 e. The molecule has 0 N–H and O–H groups in total. The first-order valence-corrected chi connectivity index (χ1v) is 7.50. The summed E-state index contributed by atoms with van der Waals surface area (Å²) in [6.07, 6.45) is 2.42. The van der Waals surface area contributed by atoms with E-state index in [1.54, 1.807) is 36.0 Å². The van der Waals surface area contributed by atoms with Crippen molar-refractivity contribution in [1.29, 1.82) is 0 Å². The van der Waals surface area contributed by atoms with Crippen molar-refractivity contribution in [3.8, 4) is 5.75 Å².